The molecule has 28 heavy (non-hydrogen) atoms. The van der Waals surface area contributed by atoms with Gasteiger partial charge in [0, 0.05) is 50.7 Å². The highest BCUT2D eigenvalue weighted by molar-refractivity contribution is 5.92. The topological polar surface area (TPSA) is 98.8 Å². The minimum absolute atomic E-state index is 0.144. The maximum Gasteiger partial charge on any atom is 0.274 e. The second-order valence-corrected chi connectivity index (χ2v) is 7.01. The van der Waals surface area contributed by atoms with E-state index < -0.39 is 0 Å². The molecular weight excluding hydrogens is 358 g/mol. The third-order valence-corrected chi connectivity index (χ3v) is 4.93. The van der Waals surface area contributed by atoms with Crippen molar-refractivity contribution in [3.05, 3.63) is 58.9 Å². The predicted octanol–water partition coefficient (Wildman–Crippen LogP) is 0.986. The minimum Gasteiger partial charge on any atom is -0.337 e. The molecular formula is C19H21N7O2. The maximum absolute atomic E-state index is 12.8. The Morgan fingerprint density at radius 2 is 2.18 bits per heavy atom. The molecule has 1 atom stereocenters. The number of carbonyl (C=O) groups is 1. The molecule has 1 saturated heterocycles. The van der Waals surface area contributed by atoms with Crippen LogP contribution in [0.25, 0.3) is 11.3 Å². The van der Waals surface area contributed by atoms with Crippen molar-refractivity contribution in [2.45, 2.75) is 19.4 Å². The van der Waals surface area contributed by atoms with Crippen LogP contribution in [-0.2, 0) is 13.6 Å². The van der Waals surface area contributed by atoms with Crippen molar-refractivity contribution in [2.75, 3.05) is 13.1 Å². The fraction of sp³-hybridized carbons (Fsp3) is 0.368. The quantitative estimate of drug-likeness (QED) is 0.670. The van der Waals surface area contributed by atoms with Crippen LogP contribution in [0.15, 0.2) is 47.7 Å². The first-order valence-corrected chi connectivity index (χ1v) is 9.24. The molecule has 1 fully saturated rings. The Hall–Kier alpha value is -3.36. The number of hydrogen-bond donors (Lipinski definition) is 0. The lowest BCUT2D eigenvalue weighted by molar-refractivity contribution is 0.0651. The van der Waals surface area contributed by atoms with Gasteiger partial charge < -0.3 is 4.90 Å². The third kappa shape index (κ3) is 3.83. The van der Waals surface area contributed by atoms with Gasteiger partial charge in [-0.25, -0.2) is 4.68 Å². The molecule has 0 aromatic carbocycles. The lowest BCUT2D eigenvalue weighted by Gasteiger charge is -2.32. The van der Waals surface area contributed by atoms with Gasteiger partial charge in [-0.2, -0.15) is 5.10 Å². The molecule has 4 rings (SSSR count). The number of rotatable bonds is 4. The van der Waals surface area contributed by atoms with Crippen LogP contribution in [-0.4, -0.2) is 53.7 Å². The minimum atomic E-state index is -0.233. The molecule has 0 aliphatic carbocycles. The molecule has 144 valence electrons. The average molecular weight is 379 g/mol. The Labute approximate surface area is 161 Å². The summed E-state index contributed by atoms with van der Waals surface area (Å²) in [4.78, 5) is 30.2. The smallest absolute Gasteiger partial charge is 0.274 e. The van der Waals surface area contributed by atoms with Gasteiger partial charge >= 0.3 is 0 Å². The van der Waals surface area contributed by atoms with E-state index in [1.54, 1.807) is 24.3 Å². The van der Waals surface area contributed by atoms with Crippen LogP contribution in [0.2, 0.25) is 0 Å². The van der Waals surface area contributed by atoms with Gasteiger partial charge in [0.25, 0.3) is 11.5 Å². The molecule has 4 heterocycles. The summed E-state index contributed by atoms with van der Waals surface area (Å²) < 4.78 is 3.01. The zero-order valence-electron chi connectivity index (χ0n) is 15.6. The molecule has 1 aliphatic heterocycles. The number of carbonyl (C=O) groups excluding carboxylic acids is 1. The van der Waals surface area contributed by atoms with Gasteiger partial charge in [0.05, 0.1) is 6.20 Å². The largest absolute Gasteiger partial charge is 0.337 e. The number of aromatic nitrogens is 6. The fourth-order valence-electron chi connectivity index (χ4n) is 3.48. The highest BCUT2D eigenvalue weighted by Gasteiger charge is 2.26. The Morgan fingerprint density at radius 3 is 2.96 bits per heavy atom. The van der Waals surface area contributed by atoms with E-state index in [9.17, 15) is 9.59 Å². The van der Waals surface area contributed by atoms with Crippen molar-refractivity contribution in [1.29, 1.82) is 0 Å². The van der Waals surface area contributed by atoms with Gasteiger partial charge in [-0.3, -0.25) is 19.3 Å². The van der Waals surface area contributed by atoms with Gasteiger partial charge in [-0.1, -0.05) is 5.21 Å². The maximum atomic E-state index is 12.8. The van der Waals surface area contributed by atoms with Crippen LogP contribution in [0.4, 0.5) is 0 Å². The third-order valence-electron chi connectivity index (χ3n) is 4.93. The lowest BCUT2D eigenvalue weighted by Crippen LogP contribution is -2.42. The highest BCUT2D eigenvalue weighted by atomic mass is 16.2. The first-order valence-electron chi connectivity index (χ1n) is 9.24. The van der Waals surface area contributed by atoms with Gasteiger partial charge in [0.1, 0.15) is 11.4 Å². The Morgan fingerprint density at radius 1 is 1.29 bits per heavy atom. The van der Waals surface area contributed by atoms with Crippen molar-refractivity contribution in [3.63, 3.8) is 0 Å². The molecule has 0 N–H and O–H groups in total. The molecule has 0 radical (unpaired) electrons. The Bertz CT molecular complexity index is 1030. The summed E-state index contributed by atoms with van der Waals surface area (Å²) in [7, 11) is 1.54. The Kier molecular flexibility index (Phi) is 4.96. The van der Waals surface area contributed by atoms with Gasteiger partial charge in [-0.05, 0) is 37.0 Å². The highest BCUT2D eigenvalue weighted by Crippen LogP contribution is 2.21. The molecule has 1 aliphatic rings. The molecule has 0 saturated carbocycles. The van der Waals surface area contributed by atoms with E-state index in [-0.39, 0.29) is 17.4 Å². The molecule has 3 aromatic rings. The average Bonchev–Trinajstić information content (AvgIpc) is 3.19. The standard InChI is InChI=1S/C19H21N7O2/c1-24-18(27)7-6-16(22-24)19(28)25-9-3-4-14(11-25)12-26-13-17(21-23-26)15-5-2-8-20-10-15/h2,5-8,10,13-14H,3-4,9,11-12H2,1H3. The van der Waals surface area contributed by atoms with Crippen molar-refractivity contribution in [3.8, 4) is 11.3 Å². The molecule has 9 heteroatoms. The molecule has 0 spiro atoms. The summed E-state index contributed by atoms with van der Waals surface area (Å²) in [5.41, 5.74) is 1.77. The normalized spacial score (nSPS) is 16.9. The Balaban J connectivity index is 1.43. The van der Waals surface area contributed by atoms with Gasteiger partial charge in [0.15, 0.2) is 0 Å². The van der Waals surface area contributed by atoms with Crippen LogP contribution in [0.5, 0.6) is 0 Å². The molecule has 3 aromatic heterocycles. The number of piperidine rings is 1. The van der Waals surface area contributed by atoms with Crippen LogP contribution >= 0.6 is 0 Å². The number of likely N-dealkylation sites (tertiary alicyclic amines) is 1. The first-order chi connectivity index (χ1) is 13.6. The van der Waals surface area contributed by atoms with E-state index in [1.165, 1.54) is 16.8 Å². The van der Waals surface area contributed by atoms with Crippen molar-refractivity contribution < 1.29 is 4.79 Å². The van der Waals surface area contributed by atoms with E-state index in [0.717, 1.165) is 24.1 Å². The van der Waals surface area contributed by atoms with Gasteiger partial charge in [0.2, 0.25) is 0 Å². The van der Waals surface area contributed by atoms with Crippen LogP contribution in [0, 0.1) is 5.92 Å². The van der Waals surface area contributed by atoms with E-state index >= 15 is 0 Å². The summed E-state index contributed by atoms with van der Waals surface area (Å²) in [6.45, 7) is 2.02. The number of aryl methyl sites for hydroxylation is 1. The zero-order chi connectivity index (χ0) is 19.5. The van der Waals surface area contributed by atoms with Crippen LogP contribution < -0.4 is 5.56 Å². The van der Waals surface area contributed by atoms with E-state index in [2.05, 4.69) is 20.4 Å². The molecule has 1 amide bonds. The zero-order valence-corrected chi connectivity index (χ0v) is 15.6. The summed E-state index contributed by atoms with van der Waals surface area (Å²) >= 11 is 0. The summed E-state index contributed by atoms with van der Waals surface area (Å²) in [6, 6.07) is 6.68. The van der Waals surface area contributed by atoms with Gasteiger partial charge in [-0.15, -0.1) is 5.10 Å². The lowest BCUT2D eigenvalue weighted by atomic mass is 9.97. The number of nitrogens with zero attached hydrogens (tertiary/aromatic N) is 7. The van der Waals surface area contributed by atoms with Crippen molar-refractivity contribution in [1.82, 2.24) is 34.7 Å². The van der Waals surface area contributed by atoms with Crippen LogP contribution in [0.1, 0.15) is 23.3 Å². The SMILES string of the molecule is Cn1nc(C(=O)N2CCCC(Cn3cc(-c4cccnc4)nn3)C2)ccc1=O. The summed E-state index contributed by atoms with van der Waals surface area (Å²) in [6.07, 6.45) is 7.34. The molecule has 9 nitrogen and oxygen atoms in total. The number of hydrogen-bond acceptors (Lipinski definition) is 6. The summed E-state index contributed by atoms with van der Waals surface area (Å²) in [5, 5.41) is 12.5. The number of pyridine rings is 1. The van der Waals surface area contributed by atoms with Crippen molar-refractivity contribution in [2.24, 2.45) is 13.0 Å². The second kappa shape index (κ2) is 7.71. The fourth-order valence-corrected chi connectivity index (χ4v) is 3.48. The van der Waals surface area contributed by atoms with E-state index in [1.807, 2.05) is 23.0 Å². The van der Waals surface area contributed by atoms with E-state index in [0.29, 0.717) is 25.3 Å². The second-order valence-electron chi connectivity index (χ2n) is 7.01. The van der Waals surface area contributed by atoms with E-state index in [4.69, 9.17) is 0 Å². The number of amides is 1. The summed E-state index contributed by atoms with van der Waals surface area (Å²) in [5.74, 6) is 0.142. The van der Waals surface area contributed by atoms with Crippen LogP contribution in [0.3, 0.4) is 0 Å². The molecule has 0 bridgehead atoms. The monoisotopic (exact) mass is 379 g/mol. The van der Waals surface area contributed by atoms with Crippen molar-refractivity contribution >= 4 is 5.91 Å². The molecule has 1 unspecified atom stereocenters. The first kappa shape index (κ1) is 18.0. The predicted molar refractivity (Wildman–Crippen MR) is 101 cm³/mol.